The highest BCUT2D eigenvalue weighted by Gasteiger charge is 2.27. The Balaban J connectivity index is 1.72. The van der Waals surface area contributed by atoms with Crippen molar-refractivity contribution in [3.8, 4) is 0 Å². The Morgan fingerprint density at radius 3 is 2.45 bits per heavy atom. The number of amides is 1. The van der Waals surface area contributed by atoms with E-state index < -0.39 is 0 Å². The second kappa shape index (κ2) is 8.44. The summed E-state index contributed by atoms with van der Waals surface area (Å²) in [4.78, 5) is 15.3. The number of aromatic nitrogens is 1. The van der Waals surface area contributed by atoms with Crippen molar-refractivity contribution in [1.82, 2.24) is 9.47 Å². The van der Waals surface area contributed by atoms with Crippen LogP contribution >= 0.6 is 0 Å². The zero-order valence-electron chi connectivity index (χ0n) is 17.9. The number of carbonyl (C=O) groups is 1. The van der Waals surface area contributed by atoms with Gasteiger partial charge in [-0.15, -0.1) is 0 Å². The van der Waals surface area contributed by atoms with Crippen LogP contribution in [0.15, 0.2) is 54.7 Å². The van der Waals surface area contributed by atoms with E-state index in [2.05, 4.69) is 85.0 Å². The predicted molar refractivity (Wildman–Crippen MR) is 120 cm³/mol. The molecule has 3 heteroatoms. The zero-order valence-corrected chi connectivity index (χ0v) is 17.9. The third kappa shape index (κ3) is 4.10. The highest BCUT2D eigenvalue weighted by atomic mass is 16.2. The van der Waals surface area contributed by atoms with Gasteiger partial charge in [-0.3, -0.25) is 4.79 Å². The average Bonchev–Trinajstić information content (AvgIpc) is 3.12. The molecule has 1 unspecified atom stereocenters. The molecule has 0 radical (unpaired) electrons. The normalized spacial score (nSPS) is 16.3. The molecule has 1 aromatic heterocycles. The van der Waals surface area contributed by atoms with Gasteiger partial charge >= 0.3 is 0 Å². The number of para-hydroxylation sites is 1. The molecule has 2 aromatic carbocycles. The van der Waals surface area contributed by atoms with Crippen molar-refractivity contribution >= 4 is 16.8 Å². The van der Waals surface area contributed by atoms with Crippen LogP contribution in [-0.4, -0.2) is 28.5 Å². The van der Waals surface area contributed by atoms with Crippen LogP contribution < -0.4 is 0 Å². The summed E-state index contributed by atoms with van der Waals surface area (Å²) >= 11 is 0. The van der Waals surface area contributed by atoms with Gasteiger partial charge in [-0.25, -0.2) is 0 Å². The summed E-state index contributed by atoms with van der Waals surface area (Å²) in [7, 11) is 0. The number of nitrogens with zero attached hydrogens (tertiary/aromatic N) is 2. The molecule has 0 saturated carbocycles. The maximum absolute atomic E-state index is 13.3. The van der Waals surface area contributed by atoms with Crippen LogP contribution in [0, 0.1) is 12.8 Å². The molecule has 1 saturated heterocycles. The Morgan fingerprint density at radius 1 is 1.07 bits per heavy atom. The fourth-order valence-corrected chi connectivity index (χ4v) is 4.58. The first kappa shape index (κ1) is 19.8. The third-order valence-electron chi connectivity index (χ3n) is 6.53. The van der Waals surface area contributed by atoms with Crippen LogP contribution in [0.5, 0.6) is 0 Å². The predicted octanol–water partition coefficient (Wildman–Crippen LogP) is 5.75. The molecule has 3 nitrogen and oxygen atoms in total. The maximum atomic E-state index is 13.3. The molecule has 0 bridgehead atoms. The summed E-state index contributed by atoms with van der Waals surface area (Å²) in [5.41, 5.74) is 5.00. The molecule has 0 aliphatic carbocycles. The minimum absolute atomic E-state index is 0.0835. The molecule has 1 fully saturated rings. The van der Waals surface area contributed by atoms with Crippen molar-refractivity contribution in [3.05, 3.63) is 71.4 Å². The standard InChI is InChI=1S/C26H32N2O/c1-4-27-18-24(22-7-5-6-8-25(22)27)23(21-11-9-19(2)10-12-21)17-26(29)28-15-13-20(3)14-16-28/h5-12,18,20,23H,4,13-17H2,1-3H3. The molecule has 1 aliphatic rings. The van der Waals surface area contributed by atoms with Gasteiger partial charge in [0.1, 0.15) is 0 Å². The summed E-state index contributed by atoms with van der Waals surface area (Å²) in [6, 6.07) is 17.3. The number of piperidine rings is 1. The maximum Gasteiger partial charge on any atom is 0.223 e. The van der Waals surface area contributed by atoms with E-state index in [9.17, 15) is 4.79 Å². The molecule has 1 aliphatic heterocycles. The van der Waals surface area contributed by atoms with Gasteiger partial charge in [0.15, 0.2) is 0 Å². The number of benzene rings is 2. The highest BCUT2D eigenvalue weighted by molar-refractivity contribution is 5.86. The van der Waals surface area contributed by atoms with Gasteiger partial charge in [-0.2, -0.15) is 0 Å². The number of rotatable bonds is 5. The van der Waals surface area contributed by atoms with Gasteiger partial charge in [-0.1, -0.05) is 55.0 Å². The Labute approximate surface area is 174 Å². The third-order valence-corrected chi connectivity index (χ3v) is 6.53. The summed E-state index contributed by atoms with van der Waals surface area (Å²) < 4.78 is 2.30. The summed E-state index contributed by atoms with van der Waals surface area (Å²) in [5, 5.41) is 1.26. The molecule has 29 heavy (non-hydrogen) atoms. The first-order valence-corrected chi connectivity index (χ1v) is 11.0. The monoisotopic (exact) mass is 388 g/mol. The Morgan fingerprint density at radius 2 is 1.76 bits per heavy atom. The molecule has 2 heterocycles. The van der Waals surface area contributed by atoms with E-state index in [-0.39, 0.29) is 11.8 Å². The lowest BCUT2D eigenvalue weighted by Gasteiger charge is -2.31. The van der Waals surface area contributed by atoms with E-state index in [1.807, 2.05) is 0 Å². The van der Waals surface area contributed by atoms with Crippen LogP contribution in [0.2, 0.25) is 0 Å². The number of fused-ring (bicyclic) bond motifs is 1. The summed E-state index contributed by atoms with van der Waals surface area (Å²) in [6.07, 6.45) is 5.04. The van der Waals surface area contributed by atoms with Crippen LogP contribution in [0.4, 0.5) is 0 Å². The van der Waals surface area contributed by atoms with Gasteiger partial charge in [0.25, 0.3) is 0 Å². The van der Waals surface area contributed by atoms with Crippen molar-refractivity contribution in [2.24, 2.45) is 5.92 Å². The van der Waals surface area contributed by atoms with E-state index in [1.54, 1.807) is 0 Å². The number of likely N-dealkylation sites (tertiary alicyclic amines) is 1. The number of aryl methyl sites for hydroxylation is 2. The summed E-state index contributed by atoms with van der Waals surface area (Å²) in [6.45, 7) is 9.31. The number of carbonyl (C=O) groups excluding carboxylic acids is 1. The first-order valence-electron chi connectivity index (χ1n) is 11.0. The number of hydrogen-bond donors (Lipinski definition) is 0. The second-order valence-corrected chi connectivity index (χ2v) is 8.62. The average molecular weight is 389 g/mol. The Bertz CT molecular complexity index is 978. The topological polar surface area (TPSA) is 25.2 Å². The quantitative estimate of drug-likeness (QED) is 0.546. The van der Waals surface area contributed by atoms with Gasteiger partial charge in [0.05, 0.1) is 0 Å². The Hall–Kier alpha value is -2.55. The molecule has 0 spiro atoms. The van der Waals surface area contributed by atoms with Crippen molar-refractivity contribution < 1.29 is 4.79 Å². The number of hydrogen-bond acceptors (Lipinski definition) is 1. The lowest BCUT2D eigenvalue weighted by Crippen LogP contribution is -2.38. The molecule has 4 rings (SSSR count). The van der Waals surface area contributed by atoms with Crippen LogP contribution in [-0.2, 0) is 11.3 Å². The largest absolute Gasteiger partial charge is 0.347 e. The molecular formula is C26H32N2O. The molecule has 0 N–H and O–H groups in total. The van der Waals surface area contributed by atoms with E-state index in [0.717, 1.165) is 38.4 Å². The smallest absolute Gasteiger partial charge is 0.223 e. The molecule has 152 valence electrons. The van der Waals surface area contributed by atoms with Gasteiger partial charge in [0.2, 0.25) is 5.91 Å². The minimum Gasteiger partial charge on any atom is -0.347 e. The minimum atomic E-state index is 0.0835. The van der Waals surface area contributed by atoms with Crippen molar-refractivity contribution in [2.45, 2.75) is 52.5 Å². The fourth-order valence-electron chi connectivity index (χ4n) is 4.58. The van der Waals surface area contributed by atoms with E-state index in [4.69, 9.17) is 0 Å². The van der Waals surface area contributed by atoms with Gasteiger partial charge < -0.3 is 9.47 Å². The van der Waals surface area contributed by atoms with Crippen molar-refractivity contribution in [1.29, 1.82) is 0 Å². The zero-order chi connectivity index (χ0) is 20.4. The lowest BCUT2D eigenvalue weighted by atomic mass is 9.87. The van der Waals surface area contributed by atoms with E-state index >= 15 is 0 Å². The fraction of sp³-hybridized carbons (Fsp3) is 0.423. The van der Waals surface area contributed by atoms with E-state index in [0.29, 0.717) is 6.42 Å². The SMILES string of the molecule is CCn1cc(C(CC(=O)N2CCC(C)CC2)c2ccc(C)cc2)c2ccccc21. The summed E-state index contributed by atoms with van der Waals surface area (Å²) in [5.74, 6) is 1.10. The van der Waals surface area contributed by atoms with Crippen LogP contribution in [0.1, 0.15) is 55.7 Å². The van der Waals surface area contributed by atoms with E-state index in [1.165, 1.54) is 27.6 Å². The Kier molecular flexibility index (Phi) is 5.75. The van der Waals surface area contributed by atoms with Gasteiger partial charge in [0, 0.05) is 49.1 Å². The molecular weight excluding hydrogens is 356 g/mol. The second-order valence-electron chi connectivity index (χ2n) is 8.62. The van der Waals surface area contributed by atoms with Crippen molar-refractivity contribution in [2.75, 3.05) is 13.1 Å². The molecule has 3 aromatic rings. The van der Waals surface area contributed by atoms with Crippen molar-refractivity contribution in [3.63, 3.8) is 0 Å². The molecule has 1 amide bonds. The highest BCUT2D eigenvalue weighted by Crippen LogP contribution is 2.35. The van der Waals surface area contributed by atoms with Gasteiger partial charge in [-0.05, 0) is 49.8 Å². The van der Waals surface area contributed by atoms with Crippen LogP contribution in [0.3, 0.4) is 0 Å². The van der Waals surface area contributed by atoms with Crippen LogP contribution in [0.25, 0.3) is 10.9 Å². The molecule has 1 atom stereocenters. The lowest BCUT2D eigenvalue weighted by molar-refractivity contribution is -0.132. The first-order chi connectivity index (χ1) is 14.1.